The van der Waals surface area contributed by atoms with Crippen LogP contribution in [-0.4, -0.2) is 51.2 Å². The summed E-state index contributed by atoms with van der Waals surface area (Å²) in [6.45, 7) is -0.139. The van der Waals surface area contributed by atoms with E-state index >= 15 is 0 Å². The van der Waals surface area contributed by atoms with Crippen LogP contribution in [0.2, 0.25) is 10.0 Å². The van der Waals surface area contributed by atoms with Crippen molar-refractivity contribution in [1.82, 2.24) is 4.31 Å². The van der Waals surface area contributed by atoms with Crippen LogP contribution in [0.25, 0.3) is 0 Å². The van der Waals surface area contributed by atoms with Crippen LogP contribution in [-0.2, 0) is 14.8 Å². The summed E-state index contributed by atoms with van der Waals surface area (Å²) in [7, 11) is -2.48. The van der Waals surface area contributed by atoms with E-state index in [1.807, 2.05) is 0 Å². The Bertz CT molecular complexity index is 543. The van der Waals surface area contributed by atoms with Crippen molar-refractivity contribution >= 4 is 38.9 Å². The van der Waals surface area contributed by atoms with Crippen LogP contribution < -0.4 is 5.73 Å². The maximum absolute atomic E-state index is 12.5. The highest BCUT2D eigenvalue weighted by molar-refractivity contribution is 7.89. The number of benzene rings is 1. The van der Waals surface area contributed by atoms with E-state index in [1.165, 1.54) is 19.2 Å². The Labute approximate surface area is 128 Å². The molecule has 0 bridgehead atoms. The number of sulfonamides is 1. The van der Waals surface area contributed by atoms with Gasteiger partial charge < -0.3 is 15.6 Å². The molecule has 1 aromatic carbocycles. The second kappa shape index (κ2) is 7.44. The number of methoxy groups -OCH3 is 1. The second-order valence-corrected chi connectivity index (χ2v) is 6.64. The molecule has 114 valence electrons. The van der Waals surface area contributed by atoms with Crippen molar-refractivity contribution in [3.8, 4) is 0 Å². The molecule has 3 N–H and O–H groups in total. The number of hydrogen-bond acceptors (Lipinski definition) is 5. The number of nitrogens with two attached hydrogens (primary N) is 1. The van der Waals surface area contributed by atoms with E-state index in [4.69, 9.17) is 38.8 Å². The maximum Gasteiger partial charge on any atom is 0.246 e. The van der Waals surface area contributed by atoms with Crippen LogP contribution in [0.15, 0.2) is 17.0 Å². The summed E-state index contributed by atoms with van der Waals surface area (Å²) in [4.78, 5) is -0.215. The van der Waals surface area contributed by atoms with Gasteiger partial charge in [-0.25, -0.2) is 8.42 Å². The first-order valence-corrected chi connectivity index (χ1v) is 7.88. The summed E-state index contributed by atoms with van der Waals surface area (Å²) in [5.74, 6) is 0. The predicted octanol–water partition coefficient (Wildman–Crippen LogP) is 1.21. The van der Waals surface area contributed by atoms with Gasteiger partial charge in [-0.1, -0.05) is 23.2 Å². The van der Waals surface area contributed by atoms with E-state index in [2.05, 4.69) is 0 Å². The van der Waals surface area contributed by atoms with E-state index in [9.17, 15) is 8.42 Å². The molecule has 0 aliphatic carbocycles. The van der Waals surface area contributed by atoms with Gasteiger partial charge in [-0.15, -0.1) is 0 Å². The van der Waals surface area contributed by atoms with Gasteiger partial charge in [0.15, 0.2) is 0 Å². The minimum atomic E-state index is -3.94. The first-order valence-electron chi connectivity index (χ1n) is 5.69. The van der Waals surface area contributed by atoms with Crippen LogP contribution in [0.1, 0.15) is 0 Å². The summed E-state index contributed by atoms with van der Waals surface area (Å²) in [6, 6.07) is 2.62. The van der Waals surface area contributed by atoms with E-state index in [-0.39, 0.29) is 46.9 Å². The molecular formula is C11H16Cl2N2O4S. The molecule has 0 aliphatic rings. The van der Waals surface area contributed by atoms with Crippen molar-refractivity contribution in [3.05, 3.63) is 22.2 Å². The SMILES string of the molecule is COCCN(CCO)S(=O)(=O)c1c(N)cc(Cl)cc1Cl. The fourth-order valence-electron chi connectivity index (χ4n) is 1.64. The number of nitrogen functional groups attached to an aromatic ring is 1. The minimum absolute atomic E-state index is 0.0390. The summed E-state index contributed by atoms with van der Waals surface area (Å²) < 4.78 is 31.0. The highest BCUT2D eigenvalue weighted by atomic mass is 35.5. The molecule has 0 atom stereocenters. The molecule has 0 spiro atoms. The van der Waals surface area contributed by atoms with Gasteiger partial charge >= 0.3 is 0 Å². The lowest BCUT2D eigenvalue weighted by molar-refractivity contribution is 0.168. The van der Waals surface area contributed by atoms with Gasteiger partial charge in [0.05, 0.1) is 23.9 Å². The number of rotatable bonds is 7. The summed E-state index contributed by atoms with van der Waals surface area (Å²) in [6.07, 6.45) is 0. The quantitative estimate of drug-likeness (QED) is 0.726. The molecule has 1 aromatic rings. The lowest BCUT2D eigenvalue weighted by atomic mass is 10.3. The Hall–Kier alpha value is -0.570. The summed E-state index contributed by atoms with van der Waals surface area (Å²) >= 11 is 11.7. The van der Waals surface area contributed by atoms with Gasteiger partial charge in [0.25, 0.3) is 0 Å². The van der Waals surface area contributed by atoms with Gasteiger partial charge in [0.2, 0.25) is 10.0 Å². The molecule has 0 aromatic heterocycles. The first-order chi connectivity index (χ1) is 9.34. The molecular weight excluding hydrogens is 327 g/mol. The minimum Gasteiger partial charge on any atom is -0.398 e. The van der Waals surface area contributed by atoms with Crippen molar-refractivity contribution in [2.45, 2.75) is 4.90 Å². The standard InChI is InChI=1S/C11H16Cl2N2O4S/c1-19-5-3-15(2-4-16)20(17,18)11-9(13)6-8(12)7-10(11)14/h6-7,16H,2-5,14H2,1H3. The molecule has 0 saturated carbocycles. The molecule has 0 unspecified atom stereocenters. The Morgan fingerprint density at radius 1 is 1.35 bits per heavy atom. The van der Waals surface area contributed by atoms with Gasteiger partial charge in [0, 0.05) is 25.2 Å². The van der Waals surface area contributed by atoms with Crippen molar-refractivity contribution in [1.29, 1.82) is 0 Å². The zero-order chi connectivity index (χ0) is 15.3. The van der Waals surface area contributed by atoms with Gasteiger partial charge in [0.1, 0.15) is 4.90 Å². The molecule has 0 aliphatic heterocycles. The number of anilines is 1. The average Bonchev–Trinajstić information content (AvgIpc) is 2.32. The summed E-state index contributed by atoms with van der Waals surface area (Å²) in [5, 5.41) is 9.18. The third kappa shape index (κ3) is 3.97. The molecule has 0 saturated heterocycles. The molecule has 20 heavy (non-hydrogen) atoms. The fourth-order valence-corrected chi connectivity index (χ4v) is 4.00. The highest BCUT2D eigenvalue weighted by Gasteiger charge is 2.28. The Morgan fingerprint density at radius 2 is 2.00 bits per heavy atom. The maximum atomic E-state index is 12.5. The highest BCUT2D eigenvalue weighted by Crippen LogP contribution is 2.33. The molecule has 0 radical (unpaired) electrons. The molecule has 0 fully saturated rings. The van der Waals surface area contributed by atoms with Crippen molar-refractivity contribution in [2.24, 2.45) is 0 Å². The lowest BCUT2D eigenvalue weighted by Crippen LogP contribution is -2.36. The molecule has 0 heterocycles. The lowest BCUT2D eigenvalue weighted by Gasteiger charge is -2.22. The van der Waals surface area contributed by atoms with Gasteiger partial charge in [-0.3, -0.25) is 0 Å². The van der Waals surface area contributed by atoms with Crippen LogP contribution in [0.4, 0.5) is 5.69 Å². The third-order valence-corrected chi connectivity index (χ3v) is 5.17. The zero-order valence-electron chi connectivity index (χ0n) is 10.8. The number of nitrogens with zero attached hydrogens (tertiary/aromatic N) is 1. The zero-order valence-corrected chi connectivity index (χ0v) is 13.2. The summed E-state index contributed by atoms with van der Waals surface area (Å²) in [5.41, 5.74) is 5.66. The molecule has 1 rings (SSSR count). The second-order valence-electron chi connectivity index (χ2n) is 3.93. The molecule has 9 heteroatoms. The predicted molar refractivity (Wildman–Crippen MR) is 78.6 cm³/mol. The Kier molecular flexibility index (Phi) is 6.50. The monoisotopic (exact) mass is 342 g/mol. The average molecular weight is 343 g/mol. The van der Waals surface area contributed by atoms with Crippen molar-refractivity contribution in [2.75, 3.05) is 39.1 Å². The molecule has 0 amide bonds. The number of aliphatic hydroxyl groups excluding tert-OH is 1. The van der Waals surface area contributed by atoms with Gasteiger partial charge in [-0.2, -0.15) is 4.31 Å². The van der Waals surface area contributed by atoms with Gasteiger partial charge in [-0.05, 0) is 12.1 Å². The number of aliphatic hydroxyl groups is 1. The van der Waals surface area contributed by atoms with Crippen LogP contribution >= 0.6 is 23.2 Å². The Balaban J connectivity index is 3.26. The number of halogens is 2. The smallest absolute Gasteiger partial charge is 0.246 e. The number of hydrogen-bond donors (Lipinski definition) is 2. The number of ether oxygens (including phenoxy) is 1. The third-order valence-electron chi connectivity index (χ3n) is 2.53. The van der Waals surface area contributed by atoms with Crippen LogP contribution in [0, 0.1) is 0 Å². The van der Waals surface area contributed by atoms with Crippen molar-refractivity contribution in [3.63, 3.8) is 0 Å². The largest absolute Gasteiger partial charge is 0.398 e. The molecule has 6 nitrogen and oxygen atoms in total. The normalized spacial score (nSPS) is 12.1. The van der Waals surface area contributed by atoms with E-state index in [0.717, 1.165) is 4.31 Å². The van der Waals surface area contributed by atoms with Crippen LogP contribution in [0.3, 0.4) is 0 Å². The first kappa shape index (κ1) is 17.5. The topological polar surface area (TPSA) is 92.9 Å². The van der Waals surface area contributed by atoms with Crippen molar-refractivity contribution < 1.29 is 18.3 Å². The van der Waals surface area contributed by atoms with E-state index < -0.39 is 10.0 Å². The fraction of sp³-hybridized carbons (Fsp3) is 0.455. The van der Waals surface area contributed by atoms with E-state index in [1.54, 1.807) is 0 Å². The Morgan fingerprint density at radius 3 is 2.50 bits per heavy atom. The van der Waals surface area contributed by atoms with Crippen LogP contribution in [0.5, 0.6) is 0 Å². The van der Waals surface area contributed by atoms with E-state index in [0.29, 0.717) is 0 Å².